The molecule has 0 saturated heterocycles. The fourth-order valence-corrected chi connectivity index (χ4v) is 4.14. The predicted octanol–water partition coefficient (Wildman–Crippen LogP) is 5.61. The van der Waals surface area contributed by atoms with E-state index in [-0.39, 0.29) is 0 Å². The van der Waals surface area contributed by atoms with Gasteiger partial charge in [-0.05, 0) is 71.1 Å². The SMILES string of the molecule is CC(=O)Oc1c(I)cc(Br)cc1/C=C1/C=C(c2ccc(Cl)cc2)OC1=O. The van der Waals surface area contributed by atoms with E-state index >= 15 is 0 Å². The summed E-state index contributed by atoms with van der Waals surface area (Å²) in [5.74, 6) is -0.0680. The topological polar surface area (TPSA) is 52.6 Å². The number of esters is 2. The molecule has 0 N–H and O–H groups in total. The fourth-order valence-electron chi connectivity index (χ4n) is 2.35. The standard InChI is InChI=1S/C19H11BrClIO4/c1-10(23)25-18-12(7-14(20)9-16(18)22)6-13-8-17(26-19(13)24)11-2-4-15(21)5-3-11/h2-9H,1H3/b13-6-. The Bertz CT molecular complexity index is 964. The Morgan fingerprint density at radius 1 is 1.27 bits per heavy atom. The van der Waals surface area contributed by atoms with Crippen molar-refractivity contribution >= 4 is 73.9 Å². The van der Waals surface area contributed by atoms with Crippen molar-refractivity contribution in [2.45, 2.75) is 6.92 Å². The lowest BCUT2D eigenvalue weighted by Gasteiger charge is -2.09. The van der Waals surface area contributed by atoms with E-state index in [1.165, 1.54) is 6.92 Å². The summed E-state index contributed by atoms with van der Waals surface area (Å²) < 4.78 is 12.2. The fraction of sp³-hybridized carbons (Fsp3) is 0.0526. The van der Waals surface area contributed by atoms with Gasteiger partial charge >= 0.3 is 11.9 Å². The lowest BCUT2D eigenvalue weighted by Crippen LogP contribution is -2.05. The summed E-state index contributed by atoms with van der Waals surface area (Å²) >= 11 is 11.4. The second-order valence-corrected chi connectivity index (χ2v) is 7.92. The van der Waals surface area contributed by atoms with Gasteiger partial charge in [-0.15, -0.1) is 0 Å². The Kier molecular flexibility index (Phi) is 5.84. The molecule has 0 aromatic heterocycles. The van der Waals surface area contributed by atoms with Gasteiger partial charge in [0.15, 0.2) is 5.75 Å². The van der Waals surface area contributed by atoms with Crippen LogP contribution < -0.4 is 4.74 Å². The molecule has 2 aromatic rings. The third-order valence-corrected chi connectivity index (χ3v) is 4.96. The summed E-state index contributed by atoms with van der Waals surface area (Å²) in [6.45, 7) is 1.33. The first-order chi connectivity index (χ1) is 12.3. The van der Waals surface area contributed by atoms with Crippen LogP contribution in [0.5, 0.6) is 5.75 Å². The zero-order valence-corrected chi connectivity index (χ0v) is 17.9. The van der Waals surface area contributed by atoms with E-state index in [9.17, 15) is 9.59 Å². The van der Waals surface area contributed by atoms with Crippen LogP contribution in [0.4, 0.5) is 0 Å². The minimum absolute atomic E-state index is 0.359. The van der Waals surface area contributed by atoms with Gasteiger partial charge in [-0.2, -0.15) is 0 Å². The molecule has 7 heteroatoms. The molecule has 0 saturated carbocycles. The van der Waals surface area contributed by atoms with Gasteiger partial charge < -0.3 is 9.47 Å². The average molecular weight is 546 g/mol. The van der Waals surface area contributed by atoms with Crippen molar-refractivity contribution in [1.82, 2.24) is 0 Å². The molecular weight excluding hydrogens is 534 g/mol. The molecule has 132 valence electrons. The number of halogens is 3. The number of benzene rings is 2. The van der Waals surface area contributed by atoms with E-state index in [4.69, 9.17) is 21.1 Å². The summed E-state index contributed by atoms with van der Waals surface area (Å²) in [6.07, 6.45) is 3.29. The summed E-state index contributed by atoms with van der Waals surface area (Å²) in [6, 6.07) is 10.6. The first-order valence-corrected chi connectivity index (χ1v) is 9.67. The normalized spacial score (nSPS) is 15.0. The van der Waals surface area contributed by atoms with Crippen LogP contribution in [-0.4, -0.2) is 11.9 Å². The Morgan fingerprint density at radius 3 is 2.62 bits per heavy atom. The molecule has 1 aliphatic rings. The molecule has 1 aliphatic heterocycles. The molecule has 0 amide bonds. The number of carbonyl (C=O) groups excluding carboxylic acids is 2. The zero-order valence-electron chi connectivity index (χ0n) is 13.4. The highest BCUT2D eigenvalue weighted by molar-refractivity contribution is 14.1. The van der Waals surface area contributed by atoms with E-state index in [0.29, 0.717) is 27.7 Å². The lowest BCUT2D eigenvalue weighted by atomic mass is 10.1. The molecule has 0 fully saturated rings. The molecular formula is C19H11BrClIO4. The third-order valence-electron chi connectivity index (χ3n) is 3.45. The monoisotopic (exact) mass is 544 g/mol. The van der Waals surface area contributed by atoms with Crippen molar-refractivity contribution in [3.8, 4) is 5.75 Å². The second-order valence-electron chi connectivity index (χ2n) is 5.40. The van der Waals surface area contributed by atoms with E-state index in [1.54, 1.807) is 42.5 Å². The Balaban J connectivity index is 2.03. The van der Waals surface area contributed by atoms with Crippen LogP contribution in [0.15, 0.2) is 52.5 Å². The molecule has 0 spiro atoms. The van der Waals surface area contributed by atoms with Gasteiger partial charge in [0.2, 0.25) is 0 Å². The van der Waals surface area contributed by atoms with Crippen LogP contribution in [0, 0.1) is 3.57 Å². The molecule has 0 aliphatic carbocycles. The molecule has 1 heterocycles. The van der Waals surface area contributed by atoms with Crippen LogP contribution in [0.2, 0.25) is 5.02 Å². The number of hydrogen-bond donors (Lipinski definition) is 0. The van der Waals surface area contributed by atoms with Gasteiger partial charge in [0.1, 0.15) is 5.76 Å². The minimum atomic E-state index is -0.473. The maximum absolute atomic E-state index is 12.2. The predicted molar refractivity (Wildman–Crippen MR) is 112 cm³/mol. The number of rotatable bonds is 3. The van der Waals surface area contributed by atoms with Gasteiger partial charge in [0.05, 0.1) is 9.14 Å². The Morgan fingerprint density at radius 2 is 1.96 bits per heavy atom. The molecule has 0 unspecified atom stereocenters. The van der Waals surface area contributed by atoms with Gasteiger partial charge in [0.25, 0.3) is 0 Å². The minimum Gasteiger partial charge on any atom is -0.425 e. The van der Waals surface area contributed by atoms with Crippen LogP contribution >= 0.6 is 50.1 Å². The first-order valence-electron chi connectivity index (χ1n) is 7.42. The number of carbonyl (C=O) groups is 2. The van der Waals surface area contributed by atoms with Gasteiger partial charge in [-0.25, -0.2) is 4.79 Å². The first kappa shape index (κ1) is 19.1. The molecule has 0 bridgehead atoms. The molecule has 3 rings (SSSR count). The lowest BCUT2D eigenvalue weighted by molar-refractivity contribution is -0.132. The maximum atomic E-state index is 12.2. The van der Waals surface area contributed by atoms with E-state index < -0.39 is 11.9 Å². The summed E-state index contributed by atoms with van der Waals surface area (Å²) in [5.41, 5.74) is 1.70. The Labute approximate surface area is 177 Å². The van der Waals surface area contributed by atoms with Crippen molar-refractivity contribution < 1.29 is 19.1 Å². The van der Waals surface area contributed by atoms with Crippen LogP contribution in [0.25, 0.3) is 11.8 Å². The number of ether oxygens (including phenoxy) is 2. The van der Waals surface area contributed by atoms with Crippen molar-refractivity contribution in [2.75, 3.05) is 0 Å². The van der Waals surface area contributed by atoms with Gasteiger partial charge in [-0.1, -0.05) is 27.5 Å². The Hall–Kier alpha value is -1.64. The van der Waals surface area contributed by atoms with E-state index in [0.717, 1.165) is 13.6 Å². The average Bonchev–Trinajstić information content (AvgIpc) is 2.92. The largest absolute Gasteiger partial charge is 0.425 e. The van der Waals surface area contributed by atoms with Crippen LogP contribution in [-0.2, 0) is 14.3 Å². The van der Waals surface area contributed by atoms with Crippen molar-refractivity contribution in [3.63, 3.8) is 0 Å². The van der Waals surface area contributed by atoms with E-state index in [2.05, 4.69) is 38.5 Å². The maximum Gasteiger partial charge on any atom is 0.343 e. The third kappa shape index (κ3) is 4.36. The molecule has 2 aromatic carbocycles. The van der Waals surface area contributed by atoms with Gasteiger partial charge in [0, 0.05) is 27.5 Å². The van der Waals surface area contributed by atoms with E-state index in [1.807, 2.05) is 6.07 Å². The molecule has 0 atom stereocenters. The zero-order chi connectivity index (χ0) is 18.8. The smallest absolute Gasteiger partial charge is 0.343 e. The van der Waals surface area contributed by atoms with Crippen LogP contribution in [0.1, 0.15) is 18.1 Å². The van der Waals surface area contributed by atoms with Crippen LogP contribution in [0.3, 0.4) is 0 Å². The van der Waals surface area contributed by atoms with Crippen molar-refractivity contribution in [1.29, 1.82) is 0 Å². The molecule has 4 nitrogen and oxygen atoms in total. The highest BCUT2D eigenvalue weighted by Gasteiger charge is 2.23. The summed E-state index contributed by atoms with van der Waals surface area (Å²) in [5, 5.41) is 0.601. The summed E-state index contributed by atoms with van der Waals surface area (Å²) in [4.78, 5) is 23.6. The molecule has 0 radical (unpaired) electrons. The summed E-state index contributed by atoms with van der Waals surface area (Å²) in [7, 11) is 0. The molecule has 26 heavy (non-hydrogen) atoms. The number of cyclic esters (lactones) is 1. The highest BCUT2D eigenvalue weighted by atomic mass is 127. The highest BCUT2D eigenvalue weighted by Crippen LogP contribution is 2.34. The number of hydrogen-bond acceptors (Lipinski definition) is 4. The second kappa shape index (κ2) is 7.94. The van der Waals surface area contributed by atoms with Gasteiger partial charge in [-0.3, -0.25) is 4.79 Å². The van der Waals surface area contributed by atoms with Crippen molar-refractivity contribution in [3.05, 3.63) is 72.2 Å². The van der Waals surface area contributed by atoms with Crippen molar-refractivity contribution in [2.24, 2.45) is 0 Å². The quantitative estimate of drug-likeness (QED) is 0.218.